The van der Waals surface area contributed by atoms with Gasteiger partial charge in [-0.1, -0.05) is 12.8 Å². The number of hydrogen-bond donors (Lipinski definition) is 1. The second-order valence-corrected chi connectivity index (χ2v) is 6.21. The Labute approximate surface area is 111 Å². The van der Waals surface area contributed by atoms with Gasteiger partial charge in [-0.05, 0) is 31.2 Å². The molecule has 1 aliphatic carbocycles. The van der Waals surface area contributed by atoms with E-state index < -0.39 is 0 Å². The predicted octanol–water partition coefficient (Wildman–Crippen LogP) is 3.92. The number of nitrogens with zero attached hydrogens (tertiary/aromatic N) is 1. The van der Waals surface area contributed by atoms with E-state index in [9.17, 15) is 0 Å². The Bertz CT molecular complexity index is 531. The van der Waals surface area contributed by atoms with Crippen molar-refractivity contribution in [2.75, 3.05) is 18.1 Å². The van der Waals surface area contributed by atoms with Gasteiger partial charge in [-0.2, -0.15) is 11.8 Å². The predicted molar refractivity (Wildman–Crippen MR) is 77.2 cm³/mol. The lowest BCUT2D eigenvalue weighted by Gasteiger charge is -2.27. The molecule has 0 unspecified atom stereocenters. The number of furan rings is 1. The molecule has 0 atom stereocenters. The third kappa shape index (κ3) is 2.09. The summed E-state index contributed by atoms with van der Waals surface area (Å²) in [5.41, 5.74) is 0.900. The number of nitrogens with one attached hydrogen (secondary N) is 1. The molecule has 2 aromatic heterocycles. The lowest BCUT2D eigenvalue weighted by atomic mass is 10.1. The molecule has 0 amide bonds. The van der Waals surface area contributed by atoms with E-state index in [4.69, 9.17) is 4.42 Å². The fourth-order valence-electron chi connectivity index (χ4n) is 2.75. The van der Waals surface area contributed by atoms with Crippen LogP contribution in [0.5, 0.6) is 0 Å². The Balaban J connectivity index is 1.78. The Morgan fingerprint density at radius 3 is 3.00 bits per heavy atom. The monoisotopic (exact) mass is 262 g/mol. The standard InChI is InChI=1S/C14H18N2OS/c1-18-14(6-2-3-7-14)10-16-13-11-5-9-17-12(11)4-8-15-13/h4-5,8-9H,2-3,6-7,10H2,1H3,(H,15,16). The van der Waals surface area contributed by atoms with Gasteiger partial charge in [0.25, 0.3) is 0 Å². The minimum atomic E-state index is 0.396. The highest BCUT2D eigenvalue weighted by atomic mass is 32.2. The first-order chi connectivity index (χ1) is 8.83. The van der Waals surface area contributed by atoms with Crippen LogP contribution < -0.4 is 5.32 Å². The Morgan fingerprint density at radius 2 is 2.22 bits per heavy atom. The molecule has 0 bridgehead atoms. The largest absolute Gasteiger partial charge is 0.464 e. The summed E-state index contributed by atoms with van der Waals surface area (Å²) in [5, 5.41) is 4.59. The first-order valence-electron chi connectivity index (χ1n) is 6.44. The van der Waals surface area contributed by atoms with Gasteiger partial charge in [0.05, 0.1) is 11.6 Å². The van der Waals surface area contributed by atoms with Crippen molar-refractivity contribution in [2.45, 2.75) is 30.4 Å². The van der Waals surface area contributed by atoms with E-state index in [1.807, 2.05) is 23.9 Å². The zero-order valence-electron chi connectivity index (χ0n) is 10.6. The van der Waals surface area contributed by atoms with Crippen LogP contribution in [0.3, 0.4) is 0 Å². The number of pyridine rings is 1. The molecule has 96 valence electrons. The molecule has 1 N–H and O–H groups in total. The van der Waals surface area contributed by atoms with E-state index in [2.05, 4.69) is 16.6 Å². The van der Waals surface area contributed by atoms with Crippen LogP contribution in [0.1, 0.15) is 25.7 Å². The van der Waals surface area contributed by atoms with Gasteiger partial charge in [0, 0.05) is 17.5 Å². The van der Waals surface area contributed by atoms with Gasteiger partial charge in [0.2, 0.25) is 0 Å². The van der Waals surface area contributed by atoms with Gasteiger partial charge in [0.15, 0.2) is 0 Å². The van der Waals surface area contributed by atoms with Crippen LogP contribution in [0.15, 0.2) is 29.0 Å². The third-order valence-corrected chi connectivity index (χ3v) is 5.32. The van der Waals surface area contributed by atoms with Crippen LogP contribution in [0.25, 0.3) is 11.0 Å². The van der Waals surface area contributed by atoms with E-state index in [-0.39, 0.29) is 0 Å². The zero-order valence-corrected chi connectivity index (χ0v) is 11.4. The van der Waals surface area contributed by atoms with Gasteiger partial charge in [-0.3, -0.25) is 0 Å². The quantitative estimate of drug-likeness (QED) is 0.906. The average molecular weight is 262 g/mol. The van der Waals surface area contributed by atoms with Crippen LogP contribution >= 0.6 is 11.8 Å². The molecule has 1 fully saturated rings. The Morgan fingerprint density at radius 1 is 1.39 bits per heavy atom. The number of aromatic nitrogens is 1. The van der Waals surface area contributed by atoms with Gasteiger partial charge in [0.1, 0.15) is 11.4 Å². The third-order valence-electron chi connectivity index (χ3n) is 3.91. The highest BCUT2D eigenvalue weighted by Crippen LogP contribution is 2.40. The molecule has 0 saturated heterocycles. The maximum Gasteiger partial charge on any atom is 0.139 e. The minimum Gasteiger partial charge on any atom is -0.464 e. The minimum absolute atomic E-state index is 0.396. The van der Waals surface area contributed by atoms with Crippen LogP contribution in [-0.4, -0.2) is 22.5 Å². The second-order valence-electron chi connectivity index (χ2n) is 4.94. The van der Waals surface area contributed by atoms with Crippen LogP contribution in [-0.2, 0) is 0 Å². The molecular formula is C14H18N2OS. The first kappa shape index (κ1) is 11.9. The van der Waals surface area contributed by atoms with Crippen molar-refractivity contribution in [1.82, 2.24) is 4.98 Å². The number of anilines is 1. The number of fused-ring (bicyclic) bond motifs is 1. The van der Waals surface area contributed by atoms with Crippen molar-refractivity contribution in [3.8, 4) is 0 Å². The van der Waals surface area contributed by atoms with E-state index in [1.54, 1.807) is 12.5 Å². The summed E-state index contributed by atoms with van der Waals surface area (Å²) in [5.74, 6) is 0.946. The van der Waals surface area contributed by atoms with Crippen molar-refractivity contribution in [1.29, 1.82) is 0 Å². The first-order valence-corrected chi connectivity index (χ1v) is 7.67. The summed E-state index contributed by atoms with van der Waals surface area (Å²) in [6.07, 6.45) is 11.1. The molecule has 1 aliphatic rings. The van der Waals surface area contributed by atoms with E-state index in [1.165, 1.54) is 25.7 Å². The topological polar surface area (TPSA) is 38.1 Å². The SMILES string of the molecule is CSC1(CNc2nccc3occc23)CCCC1. The van der Waals surface area contributed by atoms with Gasteiger partial charge in [-0.25, -0.2) is 4.98 Å². The van der Waals surface area contributed by atoms with Crippen molar-refractivity contribution in [3.05, 3.63) is 24.6 Å². The molecule has 3 rings (SSSR count). The maximum absolute atomic E-state index is 5.40. The fraction of sp³-hybridized carbons (Fsp3) is 0.500. The van der Waals surface area contributed by atoms with Crippen LogP contribution in [0.4, 0.5) is 5.82 Å². The van der Waals surface area contributed by atoms with E-state index in [0.717, 1.165) is 23.3 Å². The summed E-state index contributed by atoms with van der Waals surface area (Å²) in [6, 6.07) is 3.88. The molecule has 0 spiro atoms. The van der Waals surface area contributed by atoms with Gasteiger partial charge < -0.3 is 9.73 Å². The lowest BCUT2D eigenvalue weighted by molar-refractivity contribution is 0.615. The molecule has 1 saturated carbocycles. The molecule has 4 heteroatoms. The number of thioether (sulfide) groups is 1. The van der Waals surface area contributed by atoms with Gasteiger partial charge >= 0.3 is 0 Å². The summed E-state index contributed by atoms with van der Waals surface area (Å²) in [7, 11) is 0. The maximum atomic E-state index is 5.40. The molecule has 0 radical (unpaired) electrons. The molecule has 3 nitrogen and oxygen atoms in total. The average Bonchev–Trinajstić information content (AvgIpc) is 3.06. The molecule has 2 aromatic rings. The highest BCUT2D eigenvalue weighted by Gasteiger charge is 2.32. The van der Waals surface area contributed by atoms with Crippen molar-refractivity contribution in [2.24, 2.45) is 0 Å². The molecule has 18 heavy (non-hydrogen) atoms. The molecule has 0 aliphatic heterocycles. The normalized spacial score (nSPS) is 18.3. The molecular weight excluding hydrogens is 244 g/mol. The summed E-state index contributed by atoms with van der Waals surface area (Å²) >= 11 is 1.99. The molecule has 0 aromatic carbocycles. The van der Waals surface area contributed by atoms with Crippen LogP contribution in [0, 0.1) is 0 Å². The lowest BCUT2D eigenvalue weighted by Crippen LogP contribution is -2.30. The second kappa shape index (κ2) is 4.84. The van der Waals surface area contributed by atoms with E-state index >= 15 is 0 Å². The number of rotatable bonds is 4. The summed E-state index contributed by atoms with van der Waals surface area (Å²) in [6.45, 7) is 0.992. The van der Waals surface area contributed by atoms with Crippen molar-refractivity contribution >= 4 is 28.5 Å². The highest BCUT2D eigenvalue weighted by molar-refractivity contribution is 8.00. The van der Waals surface area contributed by atoms with Gasteiger partial charge in [-0.15, -0.1) is 0 Å². The molecule has 2 heterocycles. The number of hydrogen-bond acceptors (Lipinski definition) is 4. The van der Waals surface area contributed by atoms with E-state index in [0.29, 0.717) is 4.75 Å². The van der Waals surface area contributed by atoms with Crippen molar-refractivity contribution in [3.63, 3.8) is 0 Å². The zero-order chi connectivity index (χ0) is 12.4. The Kier molecular flexibility index (Phi) is 3.20. The Hall–Kier alpha value is -1.16. The van der Waals surface area contributed by atoms with Crippen LogP contribution in [0.2, 0.25) is 0 Å². The summed E-state index contributed by atoms with van der Waals surface area (Å²) < 4.78 is 5.79. The smallest absolute Gasteiger partial charge is 0.139 e. The fourth-order valence-corrected chi connectivity index (χ4v) is 3.67. The summed E-state index contributed by atoms with van der Waals surface area (Å²) in [4.78, 5) is 4.43. The van der Waals surface area contributed by atoms with Crippen molar-refractivity contribution < 1.29 is 4.42 Å².